The molecule has 0 radical (unpaired) electrons. The minimum absolute atomic E-state index is 0.418. The monoisotopic (exact) mass is 300 g/mol. The molecule has 0 aromatic carbocycles. The number of likely N-dealkylation sites (N-methyl/N-ethyl adjacent to an activating group) is 1. The van der Waals surface area contributed by atoms with Crippen molar-refractivity contribution >= 4 is 5.97 Å². The minimum Gasteiger partial charge on any atom is -0.480 e. The van der Waals surface area contributed by atoms with Crippen molar-refractivity contribution in [1.82, 2.24) is 10.2 Å². The van der Waals surface area contributed by atoms with Gasteiger partial charge in [-0.1, -0.05) is 13.8 Å². The van der Waals surface area contributed by atoms with Crippen molar-refractivity contribution < 1.29 is 14.6 Å². The molecule has 1 saturated carbocycles. The maximum atomic E-state index is 11.7. The third kappa shape index (κ3) is 6.32. The molecular formula is C16H32N2O3. The van der Waals surface area contributed by atoms with Crippen molar-refractivity contribution in [1.29, 1.82) is 0 Å². The predicted octanol–water partition coefficient (Wildman–Crippen LogP) is 2.11. The number of hydrogen-bond donors (Lipinski definition) is 2. The molecule has 0 aromatic rings. The summed E-state index contributed by atoms with van der Waals surface area (Å²) in [6, 6.07) is 0.418. The van der Waals surface area contributed by atoms with Crippen LogP contribution in [-0.2, 0) is 9.53 Å². The van der Waals surface area contributed by atoms with Crippen LogP contribution in [0.3, 0.4) is 0 Å². The van der Waals surface area contributed by atoms with Gasteiger partial charge in [-0.15, -0.1) is 0 Å². The van der Waals surface area contributed by atoms with Gasteiger partial charge in [0, 0.05) is 19.2 Å². The number of carboxylic acid groups (broad SMARTS) is 1. The fourth-order valence-electron chi connectivity index (χ4n) is 2.66. The van der Waals surface area contributed by atoms with E-state index in [0.717, 1.165) is 52.1 Å². The lowest BCUT2D eigenvalue weighted by molar-refractivity contribution is -0.145. The second kappa shape index (κ2) is 9.38. The van der Waals surface area contributed by atoms with E-state index in [-0.39, 0.29) is 0 Å². The SMILES string of the molecule is CCOCCN(CC)CCCC(CC)(NC1CC1)C(=O)O. The van der Waals surface area contributed by atoms with Gasteiger partial charge in [0.1, 0.15) is 5.54 Å². The van der Waals surface area contributed by atoms with Crippen molar-refractivity contribution in [2.24, 2.45) is 0 Å². The zero-order valence-electron chi connectivity index (χ0n) is 13.9. The number of nitrogens with zero attached hydrogens (tertiary/aromatic N) is 1. The smallest absolute Gasteiger partial charge is 0.323 e. The van der Waals surface area contributed by atoms with Crippen LogP contribution in [-0.4, -0.2) is 60.4 Å². The Hall–Kier alpha value is -0.650. The van der Waals surface area contributed by atoms with E-state index in [9.17, 15) is 9.90 Å². The molecule has 0 aliphatic heterocycles. The molecule has 0 bridgehead atoms. The summed E-state index contributed by atoms with van der Waals surface area (Å²) in [6.07, 6.45) is 4.47. The van der Waals surface area contributed by atoms with Crippen LogP contribution in [0.5, 0.6) is 0 Å². The van der Waals surface area contributed by atoms with E-state index in [1.807, 2.05) is 13.8 Å². The van der Waals surface area contributed by atoms with Crippen LogP contribution in [0, 0.1) is 0 Å². The van der Waals surface area contributed by atoms with Crippen LogP contribution in [0.25, 0.3) is 0 Å². The van der Waals surface area contributed by atoms with Gasteiger partial charge < -0.3 is 14.7 Å². The minimum atomic E-state index is -0.736. The Bertz CT molecular complexity index is 308. The van der Waals surface area contributed by atoms with Gasteiger partial charge in [0.05, 0.1) is 6.61 Å². The first-order chi connectivity index (χ1) is 10.1. The summed E-state index contributed by atoms with van der Waals surface area (Å²) in [7, 11) is 0. The summed E-state index contributed by atoms with van der Waals surface area (Å²) in [5.74, 6) is -0.700. The van der Waals surface area contributed by atoms with Gasteiger partial charge >= 0.3 is 5.97 Å². The normalized spacial score (nSPS) is 17.9. The van der Waals surface area contributed by atoms with Gasteiger partial charge in [0.15, 0.2) is 0 Å². The Labute approximate surface area is 129 Å². The molecule has 1 fully saturated rings. The van der Waals surface area contributed by atoms with Crippen LogP contribution >= 0.6 is 0 Å². The molecule has 5 heteroatoms. The molecule has 0 aromatic heterocycles. The van der Waals surface area contributed by atoms with Gasteiger partial charge in [-0.3, -0.25) is 10.1 Å². The summed E-state index contributed by atoms with van der Waals surface area (Å²) >= 11 is 0. The number of carbonyl (C=O) groups is 1. The van der Waals surface area contributed by atoms with Crippen molar-refractivity contribution in [3.8, 4) is 0 Å². The third-order valence-corrected chi connectivity index (χ3v) is 4.35. The molecule has 5 nitrogen and oxygen atoms in total. The van der Waals surface area contributed by atoms with Crippen LogP contribution in [0.2, 0.25) is 0 Å². The van der Waals surface area contributed by atoms with Crippen LogP contribution < -0.4 is 5.32 Å². The maximum Gasteiger partial charge on any atom is 0.323 e. The number of carboxylic acids is 1. The molecule has 0 spiro atoms. The predicted molar refractivity (Wildman–Crippen MR) is 84.7 cm³/mol. The van der Waals surface area contributed by atoms with Gasteiger partial charge in [-0.05, 0) is 52.1 Å². The third-order valence-electron chi connectivity index (χ3n) is 4.35. The van der Waals surface area contributed by atoms with E-state index in [1.165, 1.54) is 0 Å². The van der Waals surface area contributed by atoms with Crippen molar-refractivity contribution in [2.45, 2.75) is 64.5 Å². The van der Waals surface area contributed by atoms with E-state index < -0.39 is 11.5 Å². The second-order valence-electron chi connectivity index (χ2n) is 5.89. The number of aliphatic carboxylic acids is 1. The Morgan fingerprint density at radius 2 is 2.05 bits per heavy atom. The molecule has 1 rings (SSSR count). The van der Waals surface area contributed by atoms with Gasteiger partial charge in [-0.2, -0.15) is 0 Å². The highest BCUT2D eigenvalue weighted by atomic mass is 16.5. The van der Waals surface area contributed by atoms with E-state index in [0.29, 0.717) is 18.9 Å². The fraction of sp³-hybridized carbons (Fsp3) is 0.938. The topological polar surface area (TPSA) is 61.8 Å². The molecule has 0 saturated heterocycles. The molecular weight excluding hydrogens is 268 g/mol. The standard InChI is InChI=1S/C16H32N2O3/c1-4-16(15(19)20,17-14-8-9-14)10-7-11-18(5-2)12-13-21-6-3/h14,17H,4-13H2,1-3H3,(H,19,20). The summed E-state index contributed by atoms with van der Waals surface area (Å²) in [5, 5.41) is 13.0. The molecule has 0 amide bonds. The van der Waals surface area contributed by atoms with E-state index >= 15 is 0 Å². The van der Waals surface area contributed by atoms with Gasteiger partial charge in [0.2, 0.25) is 0 Å². The fourth-order valence-corrected chi connectivity index (χ4v) is 2.66. The summed E-state index contributed by atoms with van der Waals surface area (Å²) < 4.78 is 5.39. The molecule has 1 aliphatic carbocycles. The first-order valence-electron chi connectivity index (χ1n) is 8.39. The number of ether oxygens (including phenoxy) is 1. The van der Waals surface area contributed by atoms with Crippen molar-refractivity contribution in [3.63, 3.8) is 0 Å². The lowest BCUT2D eigenvalue weighted by Gasteiger charge is -2.31. The quantitative estimate of drug-likeness (QED) is 0.510. The Morgan fingerprint density at radius 1 is 1.33 bits per heavy atom. The van der Waals surface area contributed by atoms with Gasteiger partial charge in [-0.25, -0.2) is 0 Å². The largest absolute Gasteiger partial charge is 0.480 e. The van der Waals surface area contributed by atoms with E-state index in [2.05, 4.69) is 17.1 Å². The van der Waals surface area contributed by atoms with Crippen LogP contribution in [0.1, 0.15) is 52.9 Å². The first-order valence-corrected chi connectivity index (χ1v) is 8.39. The highest BCUT2D eigenvalue weighted by Crippen LogP contribution is 2.27. The molecule has 1 atom stereocenters. The lowest BCUT2D eigenvalue weighted by atomic mass is 9.90. The van der Waals surface area contributed by atoms with Crippen molar-refractivity contribution in [2.75, 3.05) is 32.8 Å². The van der Waals surface area contributed by atoms with Crippen LogP contribution in [0.4, 0.5) is 0 Å². The average molecular weight is 300 g/mol. The molecule has 21 heavy (non-hydrogen) atoms. The Balaban J connectivity index is 2.38. The molecule has 124 valence electrons. The maximum absolute atomic E-state index is 11.7. The summed E-state index contributed by atoms with van der Waals surface area (Å²) in [4.78, 5) is 14.0. The molecule has 0 heterocycles. The van der Waals surface area contributed by atoms with Crippen LogP contribution in [0.15, 0.2) is 0 Å². The zero-order valence-corrected chi connectivity index (χ0v) is 13.9. The van der Waals surface area contributed by atoms with Crippen molar-refractivity contribution in [3.05, 3.63) is 0 Å². The number of hydrogen-bond acceptors (Lipinski definition) is 4. The second-order valence-corrected chi connectivity index (χ2v) is 5.89. The van der Waals surface area contributed by atoms with E-state index in [4.69, 9.17) is 4.74 Å². The summed E-state index contributed by atoms with van der Waals surface area (Å²) in [6.45, 7) is 10.5. The Kier molecular flexibility index (Phi) is 8.22. The van der Waals surface area contributed by atoms with E-state index in [1.54, 1.807) is 0 Å². The molecule has 1 aliphatic rings. The highest BCUT2D eigenvalue weighted by molar-refractivity contribution is 5.78. The molecule has 2 N–H and O–H groups in total. The van der Waals surface area contributed by atoms with Gasteiger partial charge in [0.25, 0.3) is 0 Å². The lowest BCUT2D eigenvalue weighted by Crippen LogP contribution is -2.53. The average Bonchev–Trinajstić information content (AvgIpc) is 3.28. The highest BCUT2D eigenvalue weighted by Gasteiger charge is 2.40. The number of nitrogens with one attached hydrogen (secondary N) is 1. The molecule has 1 unspecified atom stereocenters. The zero-order chi connectivity index (χ0) is 15.7. The first kappa shape index (κ1) is 18.4. The number of rotatable bonds is 13. The summed E-state index contributed by atoms with van der Waals surface area (Å²) in [5.41, 5.74) is -0.736. The Morgan fingerprint density at radius 3 is 2.52 bits per heavy atom.